The first-order chi connectivity index (χ1) is 8.22. The van der Waals surface area contributed by atoms with E-state index in [0.29, 0.717) is 11.7 Å². The molecule has 0 aromatic carbocycles. The summed E-state index contributed by atoms with van der Waals surface area (Å²) < 4.78 is 2.51. The zero-order chi connectivity index (χ0) is 12.3. The molecule has 17 heavy (non-hydrogen) atoms. The molecule has 2 rings (SSSR count). The number of pyridine rings is 1. The second-order valence-corrected chi connectivity index (χ2v) is 5.17. The van der Waals surface area contributed by atoms with Crippen molar-refractivity contribution in [3.8, 4) is 0 Å². The number of aromatic nitrogens is 4. The van der Waals surface area contributed by atoms with E-state index in [1.54, 1.807) is 10.8 Å². The van der Waals surface area contributed by atoms with Gasteiger partial charge in [0.25, 0.3) is 0 Å². The Labute approximate surface area is 111 Å². The van der Waals surface area contributed by atoms with Crippen LogP contribution in [0.25, 0.3) is 0 Å². The molecule has 7 heteroatoms. The van der Waals surface area contributed by atoms with E-state index in [-0.39, 0.29) is 5.69 Å². The third-order valence-electron chi connectivity index (χ3n) is 2.08. The van der Waals surface area contributed by atoms with Gasteiger partial charge >= 0.3 is 5.69 Å². The number of H-pyrrole nitrogens is 1. The molecule has 0 unspecified atom stereocenters. The van der Waals surface area contributed by atoms with Crippen molar-refractivity contribution in [3.05, 3.63) is 33.3 Å². The summed E-state index contributed by atoms with van der Waals surface area (Å²) in [6.07, 6.45) is 2.60. The van der Waals surface area contributed by atoms with Gasteiger partial charge in [-0.1, -0.05) is 6.92 Å². The van der Waals surface area contributed by atoms with Gasteiger partial charge in [-0.25, -0.2) is 14.9 Å². The molecule has 0 aliphatic rings. The molecule has 0 aliphatic heterocycles. The smallest absolute Gasteiger partial charge is 0.270 e. The van der Waals surface area contributed by atoms with Crippen LogP contribution in [0.15, 0.2) is 37.8 Å². The van der Waals surface area contributed by atoms with Crippen LogP contribution in [0.3, 0.4) is 0 Å². The van der Waals surface area contributed by atoms with Crippen LogP contribution in [-0.2, 0) is 6.54 Å². The summed E-state index contributed by atoms with van der Waals surface area (Å²) in [5.74, 6) is 0. The molecule has 0 radical (unpaired) electrons. The van der Waals surface area contributed by atoms with Gasteiger partial charge < -0.3 is 0 Å². The standard InChI is InChI=1S/C10H11BrN4OS/c1-2-6-15-9(16)13-14-10(15)17-8-7(11)4-3-5-12-8/h3-5H,2,6H2,1H3,(H,13,16). The summed E-state index contributed by atoms with van der Waals surface area (Å²) in [4.78, 5) is 15.7. The van der Waals surface area contributed by atoms with Crippen molar-refractivity contribution in [1.82, 2.24) is 19.7 Å². The summed E-state index contributed by atoms with van der Waals surface area (Å²) in [5.41, 5.74) is -0.179. The summed E-state index contributed by atoms with van der Waals surface area (Å²) in [6.45, 7) is 2.67. The molecule has 2 aromatic rings. The highest BCUT2D eigenvalue weighted by atomic mass is 79.9. The van der Waals surface area contributed by atoms with Gasteiger partial charge in [0.15, 0.2) is 5.16 Å². The van der Waals surface area contributed by atoms with E-state index in [2.05, 4.69) is 31.1 Å². The maximum Gasteiger partial charge on any atom is 0.343 e. The molecule has 2 aromatic heterocycles. The molecule has 0 saturated heterocycles. The van der Waals surface area contributed by atoms with E-state index in [1.165, 1.54) is 11.8 Å². The van der Waals surface area contributed by atoms with Crippen molar-refractivity contribution < 1.29 is 0 Å². The number of aromatic amines is 1. The largest absolute Gasteiger partial charge is 0.343 e. The predicted octanol–water partition coefficient (Wildman–Crippen LogP) is 2.29. The highest BCUT2D eigenvalue weighted by Gasteiger charge is 2.11. The quantitative estimate of drug-likeness (QED) is 0.940. The second kappa shape index (κ2) is 5.50. The van der Waals surface area contributed by atoms with Gasteiger partial charge in [0, 0.05) is 12.7 Å². The lowest BCUT2D eigenvalue weighted by atomic mass is 10.5. The molecule has 0 atom stereocenters. The second-order valence-electron chi connectivity index (χ2n) is 3.36. The zero-order valence-corrected chi connectivity index (χ0v) is 11.6. The van der Waals surface area contributed by atoms with Crippen LogP contribution < -0.4 is 5.69 Å². The topological polar surface area (TPSA) is 63.6 Å². The normalized spacial score (nSPS) is 10.7. The molecule has 5 nitrogen and oxygen atoms in total. The molecule has 0 spiro atoms. The Morgan fingerprint density at radius 3 is 3.12 bits per heavy atom. The average molecular weight is 315 g/mol. The Morgan fingerprint density at radius 2 is 2.41 bits per heavy atom. The van der Waals surface area contributed by atoms with Crippen LogP contribution in [-0.4, -0.2) is 19.7 Å². The lowest BCUT2D eigenvalue weighted by Crippen LogP contribution is -2.17. The van der Waals surface area contributed by atoms with E-state index in [4.69, 9.17) is 0 Å². The highest BCUT2D eigenvalue weighted by Crippen LogP contribution is 2.29. The van der Waals surface area contributed by atoms with Crippen molar-refractivity contribution in [3.63, 3.8) is 0 Å². The van der Waals surface area contributed by atoms with Crippen molar-refractivity contribution in [1.29, 1.82) is 0 Å². The first kappa shape index (κ1) is 12.4. The summed E-state index contributed by atoms with van der Waals surface area (Å²) in [5, 5.41) is 7.88. The van der Waals surface area contributed by atoms with Crippen LogP contribution in [0.2, 0.25) is 0 Å². The maximum absolute atomic E-state index is 11.5. The SMILES string of the molecule is CCCn1c(Sc2ncccc2Br)n[nH]c1=O. The molecule has 0 aliphatic carbocycles. The minimum absolute atomic E-state index is 0.179. The average Bonchev–Trinajstić information content (AvgIpc) is 2.65. The van der Waals surface area contributed by atoms with Crippen molar-refractivity contribution >= 4 is 27.7 Å². The maximum atomic E-state index is 11.5. The lowest BCUT2D eigenvalue weighted by molar-refractivity contribution is 0.603. The van der Waals surface area contributed by atoms with Crippen LogP contribution in [0.5, 0.6) is 0 Å². The van der Waals surface area contributed by atoms with Gasteiger partial charge in [-0.05, 0) is 46.2 Å². The predicted molar refractivity (Wildman–Crippen MR) is 69.2 cm³/mol. The Hall–Kier alpha value is -1.08. The fourth-order valence-corrected chi connectivity index (χ4v) is 2.66. The van der Waals surface area contributed by atoms with Crippen LogP contribution in [0.4, 0.5) is 0 Å². The Morgan fingerprint density at radius 1 is 1.59 bits per heavy atom. The Kier molecular flexibility index (Phi) is 4.01. The zero-order valence-electron chi connectivity index (χ0n) is 9.18. The number of nitrogens with one attached hydrogen (secondary N) is 1. The summed E-state index contributed by atoms with van der Waals surface area (Å²) >= 11 is 4.78. The van der Waals surface area contributed by atoms with E-state index in [9.17, 15) is 4.79 Å². The van der Waals surface area contributed by atoms with E-state index in [1.807, 2.05) is 19.1 Å². The first-order valence-corrected chi connectivity index (χ1v) is 6.77. The molecule has 1 N–H and O–H groups in total. The fraction of sp³-hybridized carbons (Fsp3) is 0.300. The van der Waals surface area contributed by atoms with E-state index in [0.717, 1.165) is 15.9 Å². The third kappa shape index (κ3) is 2.78. The minimum Gasteiger partial charge on any atom is -0.270 e. The van der Waals surface area contributed by atoms with E-state index >= 15 is 0 Å². The van der Waals surface area contributed by atoms with Crippen LogP contribution >= 0.6 is 27.7 Å². The van der Waals surface area contributed by atoms with Crippen molar-refractivity contribution in [2.24, 2.45) is 0 Å². The van der Waals surface area contributed by atoms with Crippen LogP contribution in [0, 0.1) is 0 Å². The van der Waals surface area contributed by atoms with Gasteiger partial charge in [-0.3, -0.25) is 4.57 Å². The molecule has 0 amide bonds. The first-order valence-electron chi connectivity index (χ1n) is 5.16. The molecule has 2 heterocycles. The number of hydrogen-bond acceptors (Lipinski definition) is 4. The number of rotatable bonds is 4. The van der Waals surface area contributed by atoms with Gasteiger partial charge in [0.1, 0.15) is 5.03 Å². The number of nitrogens with zero attached hydrogens (tertiary/aromatic N) is 3. The highest BCUT2D eigenvalue weighted by molar-refractivity contribution is 9.10. The molecule has 0 fully saturated rings. The van der Waals surface area contributed by atoms with Crippen molar-refractivity contribution in [2.75, 3.05) is 0 Å². The molecule has 90 valence electrons. The third-order valence-corrected chi connectivity index (χ3v) is 4.00. The van der Waals surface area contributed by atoms with Gasteiger partial charge in [0.2, 0.25) is 0 Å². The fourth-order valence-electron chi connectivity index (χ4n) is 1.33. The number of hydrogen-bond donors (Lipinski definition) is 1. The number of halogens is 1. The van der Waals surface area contributed by atoms with Gasteiger partial charge in [-0.2, -0.15) is 0 Å². The minimum atomic E-state index is -0.179. The van der Waals surface area contributed by atoms with Gasteiger partial charge in [-0.15, -0.1) is 5.10 Å². The summed E-state index contributed by atoms with van der Waals surface area (Å²) in [6, 6.07) is 3.75. The Bertz CT molecular complexity index is 565. The molecule has 0 saturated carbocycles. The van der Waals surface area contributed by atoms with Crippen LogP contribution in [0.1, 0.15) is 13.3 Å². The molecular weight excluding hydrogens is 304 g/mol. The van der Waals surface area contributed by atoms with Gasteiger partial charge in [0.05, 0.1) is 4.47 Å². The summed E-state index contributed by atoms with van der Waals surface area (Å²) in [7, 11) is 0. The van der Waals surface area contributed by atoms with Crippen molar-refractivity contribution in [2.45, 2.75) is 30.1 Å². The lowest BCUT2D eigenvalue weighted by Gasteiger charge is -2.03. The Balaban J connectivity index is 2.30. The molecule has 0 bridgehead atoms. The van der Waals surface area contributed by atoms with E-state index < -0.39 is 0 Å². The monoisotopic (exact) mass is 314 g/mol. The molecular formula is C10H11BrN4OS.